The third-order valence-electron chi connectivity index (χ3n) is 2.57. The van der Waals surface area contributed by atoms with Crippen molar-refractivity contribution in [3.8, 4) is 0 Å². The van der Waals surface area contributed by atoms with Crippen LogP contribution < -0.4 is 5.32 Å². The average molecular weight is 260 g/mol. The molecule has 0 saturated heterocycles. The maximum Gasteiger partial charge on any atom is 0.0468 e. The van der Waals surface area contributed by atoms with Gasteiger partial charge in [-0.1, -0.05) is 49.5 Å². The van der Waals surface area contributed by atoms with Crippen LogP contribution in [0.2, 0.25) is 10.0 Å². The van der Waals surface area contributed by atoms with Crippen LogP contribution in [-0.4, -0.2) is 6.54 Å². The number of hydrogen-bond acceptors (Lipinski definition) is 1. The van der Waals surface area contributed by atoms with Gasteiger partial charge in [0.2, 0.25) is 0 Å². The fourth-order valence-electron chi connectivity index (χ4n) is 1.80. The second-order valence-corrected chi connectivity index (χ2v) is 4.75. The van der Waals surface area contributed by atoms with Gasteiger partial charge in [0, 0.05) is 21.7 Å². The lowest BCUT2D eigenvalue weighted by molar-refractivity contribution is 0.494. The van der Waals surface area contributed by atoms with Crippen LogP contribution >= 0.6 is 23.2 Å². The van der Waals surface area contributed by atoms with Crippen molar-refractivity contribution < 1.29 is 0 Å². The Morgan fingerprint density at radius 3 is 2.25 bits per heavy atom. The summed E-state index contributed by atoms with van der Waals surface area (Å²) in [5, 5.41) is 5.02. The van der Waals surface area contributed by atoms with Crippen LogP contribution in [0.25, 0.3) is 0 Å². The molecule has 1 rings (SSSR count). The minimum atomic E-state index is 0.270. The molecular formula is C13H19Cl2N. The van der Waals surface area contributed by atoms with E-state index in [9.17, 15) is 0 Å². The third kappa shape index (κ3) is 3.65. The number of hydrogen-bond donors (Lipinski definition) is 1. The van der Waals surface area contributed by atoms with Crippen molar-refractivity contribution in [1.82, 2.24) is 5.32 Å². The molecule has 0 amide bonds. The Hall–Kier alpha value is -0.240. The van der Waals surface area contributed by atoms with Crippen LogP contribution in [0.1, 0.15) is 44.7 Å². The normalized spacial score (nSPS) is 12.8. The van der Waals surface area contributed by atoms with Crippen LogP contribution in [-0.2, 0) is 0 Å². The minimum Gasteiger partial charge on any atom is -0.310 e. The van der Waals surface area contributed by atoms with Crippen LogP contribution in [0, 0.1) is 0 Å². The molecule has 1 nitrogen and oxygen atoms in total. The van der Waals surface area contributed by atoms with Gasteiger partial charge in [-0.3, -0.25) is 0 Å². The Bertz CT molecular complexity index is 305. The SMILES string of the molecule is CCCNC(CCC)c1c(Cl)cccc1Cl. The van der Waals surface area contributed by atoms with Crippen LogP contribution in [0.15, 0.2) is 18.2 Å². The van der Waals surface area contributed by atoms with Gasteiger partial charge in [-0.15, -0.1) is 0 Å². The lowest BCUT2D eigenvalue weighted by Gasteiger charge is -2.20. The van der Waals surface area contributed by atoms with Gasteiger partial charge in [-0.2, -0.15) is 0 Å². The first-order chi connectivity index (χ1) is 7.70. The fraction of sp³-hybridized carbons (Fsp3) is 0.538. The molecular weight excluding hydrogens is 241 g/mol. The van der Waals surface area contributed by atoms with Crippen molar-refractivity contribution in [1.29, 1.82) is 0 Å². The Balaban J connectivity index is 2.90. The summed E-state index contributed by atoms with van der Waals surface area (Å²) in [6.07, 6.45) is 3.29. The summed E-state index contributed by atoms with van der Waals surface area (Å²) in [4.78, 5) is 0. The van der Waals surface area contributed by atoms with E-state index in [2.05, 4.69) is 19.2 Å². The summed E-state index contributed by atoms with van der Waals surface area (Å²) in [6, 6.07) is 5.96. The Morgan fingerprint density at radius 2 is 1.75 bits per heavy atom. The molecule has 0 bridgehead atoms. The summed E-state index contributed by atoms with van der Waals surface area (Å²) < 4.78 is 0. The van der Waals surface area contributed by atoms with Gasteiger partial charge in [0.1, 0.15) is 0 Å². The Morgan fingerprint density at radius 1 is 1.12 bits per heavy atom. The lowest BCUT2D eigenvalue weighted by Crippen LogP contribution is -2.22. The minimum absolute atomic E-state index is 0.270. The highest BCUT2D eigenvalue weighted by atomic mass is 35.5. The van der Waals surface area contributed by atoms with Gasteiger partial charge < -0.3 is 5.32 Å². The molecule has 0 fully saturated rings. The molecule has 3 heteroatoms. The van der Waals surface area contributed by atoms with Crippen molar-refractivity contribution in [2.24, 2.45) is 0 Å². The molecule has 0 aliphatic carbocycles. The maximum atomic E-state index is 6.21. The Labute approximate surface area is 108 Å². The molecule has 0 heterocycles. The van der Waals surface area contributed by atoms with E-state index < -0.39 is 0 Å². The molecule has 16 heavy (non-hydrogen) atoms. The Kier molecular flexibility index (Phi) is 6.18. The zero-order valence-electron chi connectivity index (χ0n) is 9.89. The standard InChI is InChI=1S/C13H19Cl2N/c1-3-6-12(16-9-4-2)13-10(14)7-5-8-11(13)15/h5,7-8,12,16H,3-4,6,9H2,1-2H3. The zero-order valence-corrected chi connectivity index (χ0v) is 11.4. The first-order valence-corrected chi connectivity index (χ1v) is 6.63. The predicted molar refractivity (Wildman–Crippen MR) is 72.4 cm³/mol. The van der Waals surface area contributed by atoms with E-state index in [1.165, 1.54) is 0 Å². The number of benzene rings is 1. The van der Waals surface area contributed by atoms with E-state index in [0.717, 1.165) is 41.4 Å². The van der Waals surface area contributed by atoms with Crippen LogP contribution in [0.4, 0.5) is 0 Å². The summed E-state index contributed by atoms with van der Waals surface area (Å²) in [5.74, 6) is 0. The van der Waals surface area contributed by atoms with Crippen LogP contribution in [0.3, 0.4) is 0 Å². The monoisotopic (exact) mass is 259 g/mol. The molecule has 0 aliphatic heterocycles. The van der Waals surface area contributed by atoms with Gasteiger partial charge in [0.15, 0.2) is 0 Å². The van der Waals surface area contributed by atoms with Crippen molar-refractivity contribution in [3.63, 3.8) is 0 Å². The fourth-order valence-corrected chi connectivity index (χ4v) is 2.46. The third-order valence-corrected chi connectivity index (χ3v) is 3.23. The summed E-state index contributed by atoms with van der Waals surface area (Å²) in [7, 11) is 0. The lowest BCUT2D eigenvalue weighted by atomic mass is 10.0. The van der Waals surface area contributed by atoms with Crippen molar-refractivity contribution in [3.05, 3.63) is 33.8 Å². The van der Waals surface area contributed by atoms with E-state index in [0.29, 0.717) is 0 Å². The highest BCUT2D eigenvalue weighted by Gasteiger charge is 2.16. The average Bonchev–Trinajstić information content (AvgIpc) is 2.25. The first-order valence-electron chi connectivity index (χ1n) is 5.88. The highest BCUT2D eigenvalue weighted by molar-refractivity contribution is 6.36. The smallest absolute Gasteiger partial charge is 0.0468 e. The molecule has 0 aromatic heterocycles. The largest absolute Gasteiger partial charge is 0.310 e. The molecule has 0 saturated carbocycles. The van der Waals surface area contributed by atoms with E-state index in [4.69, 9.17) is 23.2 Å². The van der Waals surface area contributed by atoms with E-state index >= 15 is 0 Å². The van der Waals surface area contributed by atoms with Crippen molar-refractivity contribution >= 4 is 23.2 Å². The molecule has 90 valence electrons. The van der Waals surface area contributed by atoms with Crippen LogP contribution in [0.5, 0.6) is 0 Å². The van der Waals surface area contributed by atoms with Crippen molar-refractivity contribution in [2.45, 2.75) is 39.2 Å². The highest BCUT2D eigenvalue weighted by Crippen LogP contribution is 2.32. The summed E-state index contributed by atoms with van der Waals surface area (Å²) in [5.41, 5.74) is 1.04. The molecule has 0 spiro atoms. The molecule has 1 aromatic rings. The van der Waals surface area contributed by atoms with Crippen molar-refractivity contribution in [2.75, 3.05) is 6.54 Å². The van der Waals surface area contributed by atoms with Gasteiger partial charge in [0.05, 0.1) is 0 Å². The van der Waals surface area contributed by atoms with Gasteiger partial charge in [0.25, 0.3) is 0 Å². The second-order valence-electron chi connectivity index (χ2n) is 3.93. The maximum absolute atomic E-state index is 6.21. The first kappa shape index (κ1) is 13.8. The van der Waals surface area contributed by atoms with Gasteiger partial charge in [-0.05, 0) is 31.5 Å². The molecule has 1 atom stereocenters. The van der Waals surface area contributed by atoms with Gasteiger partial charge in [-0.25, -0.2) is 0 Å². The summed E-state index contributed by atoms with van der Waals surface area (Å²) >= 11 is 12.4. The van der Waals surface area contributed by atoms with E-state index in [1.54, 1.807) is 0 Å². The second kappa shape index (κ2) is 7.16. The summed E-state index contributed by atoms with van der Waals surface area (Å²) in [6.45, 7) is 5.32. The molecule has 0 aliphatic rings. The van der Waals surface area contributed by atoms with E-state index in [1.807, 2.05) is 18.2 Å². The topological polar surface area (TPSA) is 12.0 Å². The number of halogens is 2. The zero-order chi connectivity index (χ0) is 12.0. The molecule has 1 unspecified atom stereocenters. The molecule has 0 radical (unpaired) electrons. The molecule has 1 aromatic carbocycles. The molecule has 1 N–H and O–H groups in total. The number of nitrogens with one attached hydrogen (secondary N) is 1. The van der Waals surface area contributed by atoms with Gasteiger partial charge >= 0.3 is 0 Å². The van der Waals surface area contributed by atoms with E-state index in [-0.39, 0.29) is 6.04 Å². The predicted octanol–water partition coefficient (Wildman–Crippen LogP) is 4.83. The number of rotatable bonds is 6. The quantitative estimate of drug-likeness (QED) is 0.772.